The molecule has 1 aliphatic rings. The van der Waals surface area contributed by atoms with Crippen LogP contribution in [0, 0.1) is 13.8 Å². The van der Waals surface area contributed by atoms with Crippen molar-refractivity contribution in [3.63, 3.8) is 0 Å². The zero-order valence-corrected chi connectivity index (χ0v) is 19.2. The van der Waals surface area contributed by atoms with Gasteiger partial charge in [0.15, 0.2) is 5.13 Å². The molecule has 2 aromatic heterocycles. The molecule has 0 fully saturated rings. The Kier molecular flexibility index (Phi) is 5.51. The topological polar surface area (TPSA) is 88.9 Å². The molecule has 1 aliphatic heterocycles. The highest BCUT2D eigenvalue weighted by Gasteiger charge is 2.19. The number of amides is 2. The Bertz CT molecular complexity index is 1360. The van der Waals surface area contributed by atoms with Gasteiger partial charge in [0.1, 0.15) is 0 Å². The minimum atomic E-state index is -0.0779. The fourth-order valence-electron chi connectivity index (χ4n) is 4.13. The maximum Gasteiger partial charge on any atom is 0.228 e. The first kappa shape index (κ1) is 21.1. The number of hydrogen-bond acceptors (Lipinski definition) is 5. The molecule has 2 N–H and O–H groups in total. The van der Waals surface area contributed by atoms with Crippen LogP contribution in [0.1, 0.15) is 28.9 Å². The van der Waals surface area contributed by atoms with Crippen molar-refractivity contribution in [2.75, 3.05) is 10.6 Å². The van der Waals surface area contributed by atoms with Gasteiger partial charge in [-0.2, -0.15) is 5.10 Å². The highest BCUT2D eigenvalue weighted by Crippen LogP contribution is 2.31. The van der Waals surface area contributed by atoms with E-state index in [0.717, 1.165) is 45.1 Å². The molecule has 3 heterocycles. The lowest BCUT2D eigenvalue weighted by molar-refractivity contribution is -0.116. The van der Waals surface area contributed by atoms with Crippen molar-refractivity contribution < 1.29 is 9.59 Å². The summed E-state index contributed by atoms with van der Waals surface area (Å²) in [7, 11) is 0. The fourth-order valence-corrected chi connectivity index (χ4v) is 4.87. The lowest BCUT2D eigenvalue weighted by atomic mass is 10.1. The first-order valence-electron chi connectivity index (χ1n) is 10.8. The number of nitrogens with zero attached hydrogens (tertiary/aromatic N) is 3. The van der Waals surface area contributed by atoms with E-state index in [1.54, 1.807) is 0 Å². The Morgan fingerprint density at radius 3 is 2.82 bits per heavy atom. The Morgan fingerprint density at radius 1 is 1.18 bits per heavy atom. The lowest BCUT2D eigenvalue weighted by Crippen LogP contribution is -2.12. The second kappa shape index (κ2) is 8.63. The lowest BCUT2D eigenvalue weighted by Gasteiger charge is -2.05. The van der Waals surface area contributed by atoms with Gasteiger partial charge in [-0.3, -0.25) is 9.59 Å². The van der Waals surface area contributed by atoms with E-state index in [4.69, 9.17) is 0 Å². The van der Waals surface area contributed by atoms with Crippen molar-refractivity contribution in [2.45, 2.75) is 33.1 Å². The molecule has 5 rings (SSSR count). The van der Waals surface area contributed by atoms with Gasteiger partial charge in [0, 0.05) is 28.7 Å². The van der Waals surface area contributed by atoms with Crippen LogP contribution in [0.3, 0.4) is 0 Å². The van der Waals surface area contributed by atoms with Gasteiger partial charge in [-0.1, -0.05) is 24.3 Å². The number of anilines is 2. The van der Waals surface area contributed by atoms with Gasteiger partial charge in [-0.05, 0) is 55.7 Å². The first-order chi connectivity index (χ1) is 16.0. The van der Waals surface area contributed by atoms with Gasteiger partial charge in [-0.25, -0.2) is 9.67 Å². The third-order valence-electron chi connectivity index (χ3n) is 5.82. The summed E-state index contributed by atoms with van der Waals surface area (Å²) >= 11 is 1.39. The van der Waals surface area contributed by atoms with Crippen LogP contribution >= 0.6 is 11.3 Å². The van der Waals surface area contributed by atoms with Crippen molar-refractivity contribution in [3.8, 4) is 16.9 Å². The maximum atomic E-state index is 12.6. The van der Waals surface area contributed by atoms with Crippen LogP contribution in [0.4, 0.5) is 10.8 Å². The molecule has 0 spiro atoms. The number of carbonyl (C=O) groups excluding carboxylic acids is 2. The largest absolute Gasteiger partial charge is 0.326 e. The Labute approximate surface area is 195 Å². The summed E-state index contributed by atoms with van der Waals surface area (Å²) in [6, 6.07) is 15.8. The summed E-state index contributed by atoms with van der Waals surface area (Å²) in [6.45, 7) is 4.01. The predicted octanol–water partition coefficient (Wildman–Crippen LogP) is 4.68. The third-order valence-corrected chi connectivity index (χ3v) is 6.58. The number of para-hydroxylation sites is 1. The molecule has 0 atom stereocenters. The number of nitrogens with one attached hydrogen (secondary N) is 2. The van der Waals surface area contributed by atoms with E-state index in [0.29, 0.717) is 24.4 Å². The summed E-state index contributed by atoms with van der Waals surface area (Å²) in [5.41, 5.74) is 7.63. The number of aromatic nitrogens is 3. The van der Waals surface area contributed by atoms with Gasteiger partial charge >= 0.3 is 0 Å². The molecule has 0 bridgehead atoms. The summed E-state index contributed by atoms with van der Waals surface area (Å²) in [6.07, 6.45) is 1.35. The number of carbonyl (C=O) groups is 2. The Morgan fingerprint density at radius 2 is 2.00 bits per heavy atom. The number of rotatable bonds is 6. The van der Waals surface area contributed by atoms with Gasteiger partial charge < -0.3 is 10.6 Å². The number of thiazole rings is 1. The van der Waals surface area contributed by atoms with E-state index in [1.807, 2.05) is 72.4 Å². The quantitative estimate of drug-likeness (QED) is 0.440. The van der Waals surface area contributed by atoms with Crippen molar-refractivity contribution in [1.82, 2.24) is 14.8 Å². The van der Waals surface area contributed by atoms with Crippen LogP contribution in [0.2, 0.25) is 0 Å². The summed E-state index contributed by atoms with van der Waals surface area (Å²) in [5, 5.41) is 12.9. The predicted molar refractivity (Wildman–Crippen MR) is 130 cm³/mol. The molecule has 0 aliphatic carbocycles. The monoisotopic (exact) mass is 457 g/mol. The van der Waals surface area contributed by atoms with Gasteiger partial charge in [-0.15, -0.1) is 11.3 Å². The SMILES string of the molecule is Cc1nn(-c2ccccc2)c(C)c1CCC(=O)Nc1nc(-c2ccc3c(c2)CC(=O)N3)cs1. The van der Waals surface area contributed by atoms with Crippen molar-refractivity contribution in [2.24, 2.45) is 0 Å². The molecular formula is C25H23N5O2S. The minimum absolute atomic E-state index is 0.00756. The van der Waals surface area contributed by atoms with Crippen LogP contribution in [0.5, 0.6) is 0 Å². The van der Waals surface area contributed by atoms with E-state index in [-0.39, 0.29) is 11.8 Å². The smallest absolute Gasteiger partial charge is 0.228 e. The molecule has 0 radical (unpaired) electrons. The number of fused-ring (bicyclic) bond motifs is 1. The zero-order chi connectivity index (χ0) is 22.9. The average molecular weight is 458 g/mol. The molecule has 8 heteroatoms. The average Bonchev–Trinajstić information content (AvgIpc) is 3.49. The van der Waals surface area contributed by atoms with Crippen LogP contribution in [0.15, 0.2) is 53.9 Å². The zero-order valence-electron chi connectivity index (χ0n) is 18.4. The molecule has 7 nitrogen and oxygen atoms in total. The molecule has 0 saturated heterocycles. The number of benzene rings is 2. The number of hydrogen-bond donors (Lipinski definition) is 2. The molecule has 0 unspecified atom stereocenters. The molecule has 166 valence electrons. The summed E-state index contributed by atoms with van der Waals surface area (Å²) in [4.78, 5) is 28.7. The molecule has 0 saturated carbocycles. The molecule has 2 aromatic carbocycles. The normalized spacial score (nSPS) is 12.5. The van der Waals surface area contributed by atoms with E-state index >= 15 is 0 Å². The highest BCUT2D eigenvalue weighted by atomic mass is 32.1. The van der Waals surface area contributed by atoms with Crippen LogP contribution in [0.25, 0.3) is 16.9 Å². The van der Waals surface area contributed by atoms with Crippen molar-refractivity contribution >= 4 is 34.0 Å². The number of aryl methyl sites for hydroxylation is 1. The standard InChI is InChI=1S/C25H23N5O2S/c1-15-20(16(2)30(29-15)19-6-4-3-5-7-19)9-11-23(31)28-25-27-22(14-33-25)17-8-10-21-18(12-17)13-24(32)26-21/h3-8,10,12,14H,9,11,13H2,1-2H3,(H,26,32)(H,27,28,31). The van der Waals surface area contributed by atoms with Crippen molar-refractivity contribution in [1.29, 1.82) is 0 Å². The van der Waals surface area contributed by atoms with Crippen LogP contribution in [-0.4, -0.2) is 26.6 Å². The second-order valence-electron chi connectivity index (χ2n) is 8.08. The third kappa shape index (κ3) is 4.29. The Hall–Kier alpha value is -3.78. The van der Waals surface area contributed by atoms with Gasteiger partial charge in [0.25, 0.3) is 0 Å². The van der Waals surface area contributed by atoms with Crippen LogP contribution in [-0.2, 0) is 22.4 Å². The van der Waals surface area contributed by atoms with E-state index in [1.165, 1.54) is 11.3 Å². The molecular weight excluding hydrogens is 434 g/mol. The van der Waals surface area contributed by atoms with Crippen LogP contribution < -0.4 is 10.6 Å². The van der Waals surface area contributed by atoms with E-state index < -0.39 is 0 Å². The van der Waals surface area contributed by atoms with Crippen molar-refractivity contribution in [3.05, 3.63) is 76.4 Å². The molecule has 2 amide bonds. The van der Waals surface area contributed by atoms with E-state index in [9.17, 15) is 9.59 Å². The molecule has 33 heavy (non-hydrogen) atoms. The Balaban J connectivity index is 1.23. The van der Waals surface area contributed by atoms with E-state index in [2.05, 4.69) is 20.7 Å². The van der Waals surface area contributed by atoms with Gasteiger partial charge in [0.05, 0.1) is 23.5 Å². The second-order valence-corrected chi connectivity index (χ2v) is 8.94. The van der Waals surface area contributed by atoms with Gasteiger partial charge in [0.2, 0.25) is 11.8 Å². The highest BCUT2D eigenvalue weighted by molar-refractivity contribution is 7.14. The minimum Gasteiger partial charge on any atom is -0.326 e. The summed E-state index contributed by atoms with van der Waals surface area (Å²) < 4.78 is 1.93. The summed E-state index contributed by atoms with van der Waals surface area (Å²) in [5.74, 6) is -0.0703. The first-order valence-corrected chi connectivity index (χ1v) is 11.6. The maximum absolute atomic E-state index is 12.6. The fraction of sp³-hybridized carbons (Fsp3) is 0.200. The molecule has 4 aromatic rings.